The number of rotatable bonds is 3. The monoisotopic (exact) mass is 291 g/mol. The van der Waals surface area contributed by atoms with E-state index in [1.807, 2.05) is 23.5 Å². The molecule has 3 aromatic heterocycles. The Balaban J connectivity index is 2.08. The Bertz CT molecular complexity index is 710. The first-order valence-electron chi connectivity index (χ1n) is 6.11. The molecule has 98 valence electrons. The molecule has 0 aromatic carbocycles. The van der Waals surface area contributed by atoms with Crippen LogP contribution in [0, 0.1) is 13.8 Å². The molecule has 0 spiro atoms. The maximum Gasteiger partial charge on any atom is 0.160 e. The summed E-state index contributed by atoms with van der Waals surface area (Å²) in [6.07, 6.45) is 1.80. The van der Waals surface area contributed by atoms with E-state index in [1.165, 1.54) is 15.3 Å². The molecular weight excluding hydrogens is 278 g/mol. The van der Waals surface area contributed by atoms with Gasteiger partial charge in [-0.05, 0) is 37.6 Å². The van der Waals surface area contributed by atoms with Crippen molar-refractivity contribution in [3.8, 4) is 0 Å². The minimum atomic E-state index is 0.402. The van der Waals surface area contributed by atoms with Gasteiger partial charge in [0.15, 0.2) is 5.65 Å². The van der Waals surface area contributed by atoms with Gasteiger partial charge in [-0.25, -0.2) is 9.97 Å². The second-order valence-electron chi connectivity index (χ2n) is 4.55. The SMILES string of the molecule is Cc1cc(Cn2c(CCl)nc3cccnc32)sc1C. The first-order chi connectivity index (χ1) is 9.19. The Morgan fingerprint density at radius 3 is 2.89 bits per heavy atom. The van der Waals surface area contributed by atoms with E-state index in [9.17, 15) is 0 Å². The molecule has 3 rings (SSSR count). The van der Waals surface area contributed by atoms with Gasteiger partial charge in [0.05, 0.1) is 12.4 Å². The van der Waals surface area contributed by atoms with Crippen LogP contribution >= 0.6 is 22.9 Å². The summed E-state index contributed by atoms with van der Waals surface area (Å²) in [6, 6.07) is 6.10. The number of halogens is 1. The van der Waals surface area contributed by atoms with Crippen LogP contribution in [0.15, 0.2) is 24.4 Å². The Kier molecular flexibility index (Phi) is 3.29. The topological polar surface area (TPSA) is 30.7 Å². The summed E-state index contributed by atoms with van der Waals surface area (Å²) in [5, 5.41) is 0. The molecule has 0 aliphatic rings. The lowest BCUT2D eigenvalue weighted by Gasteiger charge is -2.04. The highest BCUT2D eigenvalue weighted by atomic mass is 35.5. The number of thiophene rings is 1. The molecule has 0 N–H and O–H groups in total. The minimum Gasteiger partial charge on any atom is -0.306 e. The van der Waals surface area contributed by atoms with Crippen LogP contribution in [0.5, 0.6) is 0 Å². The number of fused-ring (bicyclic) bond motifs is 1. The van der Waals surface area contributed by atoms with Crippen molar-refractivity contribution in [1.82, 2.24) is 14.5 Å². The van der Waals surface area contributed by atoms with Gasteiger partial charge in [-0.3, -0.25) is 0 Å². The van der Waals surface area contributed by atoms with Gasteiger partial charge >= 0.3 is 0 Å². The summed E-state index contributed by atoms with van der Waals surface area (Å²) in [6.45, 7) is 5.08. The van der Waals surface area contributed by atoms with Gasteiger partial charge in [0.25, 0.3) is 0 Å². The van der Waals surface area contributed by atoms with Gasteiger partial charge in [0.2, 0.25) is 0 Å². The summed E-state index contributed by atoms with van der Waals surface area (Å²) in [7, 11) is 0. The van der Waals surface area contributed by atoms with E-state index in [2.05, 4.69) is 34.4 Å². The summed E-state index contributed by atoms with van der Waals surface area (Å²) in [5.41, 5.74) is 3.15. The smallest absolute Gasteiger partial charge is 0.160 e. The molecule has 0 saturated carbocycles. The highest BCUT2D eigenvalue weighted by Gasteiger charge is 2.12. The number of alkyl halides is 1. The van der Waals surface area contributed by atoms with Crippen LogP contribution in [0.2, 0.25) is 0 Å². The maximum atomic E-state index is 6.00. The van der Waals surface area contributed by atoms with E-state index in [0.29, 0.717) is 5.88 Å². The maximum absolute atomic E-state index is 6.00. The van der Waals surface area contributed by atoms with E-state index in [4.69, 9.17) is 11.6 Å². The number of aryl methyl sites for hydroxylation is 2. The van der Waals surface area contributed by atoms with Crippen LogP contribution in [0.4, 0.5) is 0 Å². The first-order valence-corrected chi connectivity index (χ1v) is 7.46. The van der Waals surface area contributed by atoms with Crippen molar-refractivity contribution >= 4 is 34.1 Å². The van der Waals surface area contributed by atoms with Crippen molar-refractivity contribution in [2.45, 2.75) is 26.3 Å². The van der Waals surface area contributed by atoms with E-state index < -0.39 is 0 Å². The molecule has 3 nitrogen and oxygen atoms in total. The van der Waals surface area contributed by atoms with Gasteiger partial charge in [-0.1, -0.05) is 0 Å². The molecule has 0 fully saturated rings. The van der Waals surface area contributed by atoms with Crippen molar-refractivity contribution in [3.63, 3.8) is 0 Å². The number of pyridine rings is 1. The fraction of sp³-hybridized carbons (Fsp3) is 0.286. The number of hydrogen-bond donors (Lipinski definition) is 0. The molecule has 0 unspecified atom stereocenters. The fourth-order valence-corrected chi connectivity index (χ4v) is 3.40. The minimum absolute atomic E-state index is 0.402. The number of hydrogen-bond acceptors (Lipinski definition) is 3. The van der Waals surface area contributed by atoms with E-state index in [0.717, 1.165) is 23.5 Å². The van der Waals surface area contributed by atoms with Gasteiger partial charge in [0, 0.05) is 16.0 Å². The predicted molar refractivity (Wildman–Crippen MR) is 80.0 cm³/mol. The Labute approximate surface area is 120 Å². The molecule has 5 heteroatoms. The zero-order valence-electron chi connectivity index (χ0n) is 10.9. The second kappa shape index (κ2) is 4.94. The summed E-state index contributed by atoms with van der Waals surface area (Å²) in [4.78, 5) is 11.6. The average Bonchev–Trinajstić information content (AvgIpc) is 2.92. The molecule has 0 saturated heterocycles. The number of aromatic nitrogens is 3. The molecular formula is C14H14ClN3S. The summed E-state index contributed by atoms with van der Waals surface area (Å²) < 4.78 is 2.10. The van der Waals surface area contributed by atoms with Gasteiger partial charge in [-0.2, -0.15) is 0 Å². The lowest BCUT2D eigenvalue weighted by atomic mass is 10.3. The molecule has 0 bridgehead atoms. The van der Waals surface area contributed by atoms with E-state index in [-0.39, 0.29) is 0 Å². The standard InChI is InChI=1S/C14H14ClN3S/c1-9-6-11(19-10(9)2)8-18-13(7-15)17-12-4-3-5-16-14(12)18/h3-6H,7-8H2,1-2H3. The van der Waals surface area contributed by atoms with E-state index in [1.54, 1.807) is 6.20 Å². The molecule has 0 aliphatic carbocycles. The molecule has 3 aromatic rings. The highest BCUT2D eigenvalue weighted by Crippen LogP contribution is 2.24. The molecule has 0 radical (unpaired) electrons. The van der Waals surface area contributed by atoms with E-state index >= 15 is 0 Å². The quantitative estimate of drug-likeness (QED) is 0.685. The van der Waals surface area contributed by atoms with Crippen LogP contribution < -0.4 is 0 Å². The Morgan fingerprint density at radius 2 is 2.21 bits per heavy atom. The van der Waals surface area contributed by atoms with Crippen LogP contribution in [0.3, 0.4) is 0 Å². The number of imidazole rings is 1. The summed E-state index contributed by atoms with van der Waals surface area (Å²) in [5.74, 6) is 1.28. The third-order valence-electron chi connectivity index (χ3n) is 3.23. The molecule has 0 amide bonds. The lowest BCUT2D eigenvalue weighted by molar-refractivity contribution is 0.780. The average molecular weight is 292 g/mol. The third-order valence-corrected chi connectivity index (χ3v) is 4.61. The molecule has 0 atom stereocenters. The van der Waals surface area contributed by atoms with Crippen molar-refractivity contribution < 1.29 is 0 Å². The highest BCUT2D eigenvalue weighted by molar-refractivity contribution is 7.12. The molecule has 0 aliphatic heterocycles. The molecule has 19 heavy (non-hydrogen) atoms. The van der Waals surface area contributed by atoms with Crippen LogP contribution in [0.25, 0.3) is 11.2 Å². The number of nitrogens with zero attached hydrogens (tertiary/aromatic N) is 3. The predicted octanol–water partition coefficient (Wildman–Crippen LogP) is 3.90. The van der Waals surface area contributed by atoms with Gasteiger partial charge < -0.3 is 4.57 Å². The normalized spacial score (nSPS) is 11.3. The first kappa shape index (κ1) is 12.6. The largest absolute Gasteiger partial charge is 0.306 e. The third kappa shape index (κ3) is 2.26. The Morgan fingerprint density at radius 1 is 1.37 bits per heavy atom. The summed E-state index contributed by atoms with van der Waals surface area (Å²) >= 11 is 7.82. The second-order valence-corrected chi connectivity index (χ2v) is 6.15. The fourth-order valence-electron chi connectivity index (χ4n) is 2.16. The zero-order valence-corrected chi connectivity index (χ0v) is 12.4. The van der Waals surface area contributed by atoms with Crippen molar-refractivity contribution in [2.75, 3.05) is 0 Å². The Hall–Kier alpha value is -1.39. The lowest BCUT2D eigenvalue weighted by Crippen LogP contribution is -2.03. The zero-order chi connectivity index (χ0) is 13.4. The van der Waals surface area contributed by atoms with Crippen molar-refractivity contribution in [1.29, 1.82) is 0 Å². The van der Waals surface area contributed by atoms with Gasteiger partial charge in [0.1, 0.15) is 11.3 Å². The van der Waals surface area contributed by atoms with Crippen LogP contribution in [-0.4, -0.2) is 14.5 Å². The van der Waals surface area contributed by atoms with Crippen molar-refractivity contribution in [2.24, 2.45) is 0 Å². The van der Waals surface area contributed by atoms with Crippen molar-refractivity contribution in [3.05, 3.63) is 45.5 Å². The molecule has 3 heterocycles. The van der Waals surface area contributed by atoms with Crippen LogP contribution in [0.1, 0.15) is 21.1 Å². The van der Waals surface area contributed by atoms with Crippen LogP contribution in [-0.2, 0) is 12.4 Å². The van der Waals surface area contributed by atoms with Gasteiger partial charge in [-0.15, -0.1) is 22.9 Å².